The third-order valence-electron chi connectivity index (χ3n) is 4.78. The lowest BCUT2D eigenvalue weighted by Gasteiger charge is -2.36. The van der Waals surface area contributed by atoms with Crippen LogP contribution in [0, 0.1) is 11.6 Å². The molecule has 3 aromatic rings. The van der Waals surface area contributed by atoms with Crippen molar-refractivity contribution in [2.75, 3.05) is 31.1 Å². The van der Waals surface area contributed by atoms with E-state index < -0.39 is 0 Å². The quantitative estimate of drug-likeness (QED) is 0.666. The summed E-state index contributed by atoms with van der Waals surface area (Å²) in [5.41, 5.74) is 1.97. The van der Waals surface area contributed by atoms with E-state index in [9.17, 15) is 13.6 Å². The van der Waals surface area contributed by atoms with Crippen LogP contribution >= 0.6 is 11.3 Å². The predicted molar refractivity (Wildman–Crippen MR) is 106 cm³/mol. The van der Waals surface area contributed by atoms with Gasteiger partial charge in [-0.15, -0.1) is 11.3 Å². The Hall–Kier alpha value is -2.80. The van der Waals surface area contributed by atoms with Crippen LogP contribution in [0.5, 0.6) is 0 Å². The van der Waals surface area contributed by atoms with E-state index in [2.05, 4.69) is 4.98 Å². The molecule has 0 N–H and O–H groups in total. The zero-order valence-electron chi connectivity index (χ0n) is 15.1. The van der Waals surface area contributed by atoms with Crippen molar-refractivity contribution in [1.29, 1.82) is 0 Å². The van der Waals surface area contributed by atoms with Gasteiger partial charge in [0.2, 0.25) is 5.91 Å². The second-order valence-electron chi connectivity index (χ2n) is 6.65. The number of carbonyl (C=O) groups excluding carboxylic acids is 1. The lowest BCUT2D eigenvalue weighted by atomic mass is 10.2. The molecule has 0 spiro atoms. The van der Waals surface area contributed by atoms with Crippen LogP contribution in [0.25, 0.3) is 10.6 Å². The molecule has 0 saturated carbocycles. The van der Waals surface area contributed by atoms with E-state index in [1.807, 2.05) is 16.3 Å². The Labute approximate surface area is 166 Å². The molecule has 7 heteroatoms. The maximum Gasteiger partial charge on any atom is 0.228 e. The standard InChI is InChI=1S/C21H19F2N3OS/c22-16-5-3-4-15(12-16)21-24-17(14-28-21)13-20(27)26-10-8-25(9-11-26)19-7-2-1-6-18(19)23/h1-7,12,14H,8-11,13H2. The van der Waals surface area contributed by atoms with Crippen molar-refractivity contribution in [3.05, 3.63) is 71.2 Å². The van der Waals surface area contributed by atoms with Gasteiger partial charge in [-0.3, -0.25) is 4.79 Å². The molecule has 1 aliphatic rings. The summed E-state index contributed by atoms with van der Waals surface area (Å²) < 4.78 is 27.3. The van der Waals surface area contributed by atoms with Crippen molar-refractivity contribution >= 4 is 22.9 Å². The molecule has 0 aliphatic carbocycles. The second kappa shape index (κ2) is 8.06. The lowest BCUT2D eigenvalue weighted by molar-refractivity contribution is -0.130. The van der Waals surface area contributed by atoms with Gasteiger partial charge in [0.15, 0.2) is 0 Å². The highest BCUT2D eigenvalue weighted by Gasteiger charge is 2.23. The number of piperazine rings is 1. The molecule has 1 amide bonds. The van der Waals surface area contributed by atoms with E-state index in [0.29, 0.717) is 48.1 Å². The number of hydrogen-bond donors (Lipinski definition) is 0. The van der Waals surface area contributed by atoms with Crippen LogP contribution in [0.1, 0.15) is 5.69 Å². The van der Waals surface area contributed by atoms with Crippen LogP contribution in [0.4, 0.5) is 14.5 Å². The van der Waals surface area contributed by atoms with Gasteiger partial charge in [-0.2, -0.15) is 0 Å². The van der Waals surface area contributed by atoms with Gasteiger partial charge >= 0.3 is 0 Å². The largest absolute Gasteiger partial charge is 0.366 e. The Balaban J connectivity index is 1.36. The van der Waals surface area contributed by atoms with Crippen LogP contribution in [-0.4, -0.2) is 42.0 Å². The third kappa shape index (κ3) is 4.04. The number of nitrogens with zero attached hydrogens (tertiary/aromatic N) is 3. The summed E-state index contributed by atoms with van der Waals surface area (Å²) in [4.78, 5) is 20.8. The molecular formula is C21H19F2N3OS. The normalized spacial score (nSPS) is 14.4. The highest BCUT2D eigenvalue weighted by Crippen LogP contribution is 2.25. The molecule has 2 aromatic carbocycles. The molecule has 28 heavy (non-hydrogen) atoms. The molecule has 1 saturated heterocycles. The number of thiazole rings is 1. The Morgan fingerprint density at radius 1 is 1.04 bits per heavy atom. The van der Waals surface area contributed by atoms with Gasteiger partial charge in [-0.05, 0) is 24.3 Å². The topological polar surface area (TPSA) is 36.4 Å². The summed E-state index contributed by atoms with van der Waals surface area (Å²) in [5, 5.41) is 2.54. The highest BCUT2D eigenvalue weighted by atomic mass is 32.1. The van der Waals surface area contributed by atoms with E-state index in [-0.39, 0.29) is 24.0 Å². The summed E-state index contributed by atoms with van der Waals surface area (Å²) in [6, 6.07) is 13.0. The van der Waals surface area contributed by atoms with Gasteiger partial charge in [-0.1, -0.05) is 24.3 Å². The minimum atomic E-state index is -0.307. The monoisotopic (exact) mass is 399 g/mol. The number of benzene rings is 2. The summed E-state index contributed by atoms with van der Waals surface area (Å²) in [5.74, 6) is -0.544. The Bertz CT molecular complexity index is 983. The molecule has 4 nitrogen and oxygen atoms in total. The second-order valence-corrected chi connectivity index (χ2v) is 7.51. The first kappa shape index (κ1) is 18.6. The lowest BCUT2D eigenvalue weighted by Crippen LogP contribution is -2.49. The summed E-state index contributed by atoms with van der Waals surface area (Å²) in [6.07, 6.45) is 0.214. The SMILES string of the molecule is O=C(Cc1csc(-c2cccc(F)c2)n1)N1CCN(c2ccccc2F)CC1. The van der Waals surface area contributed by atoms with Gasteiger partial charge in [0.1, 0.15) is 16.6 Å². The predicted octanol–water partition coefficient (Wildman–Crippen LogP) is 3.98. The maximum absolute atomic E-state index is 13.9. The van der Waals surface area contributed by atoms with Crippen molar-refractivity contribution in [3.63, 3.8) is 0 Å². The molecule has 0 unspecified atom stereocenters. The van der Waals surface area contributed by atoms with Crippen LogP contribution in [0.15, 0.2) is 53.9 Å². The molecule has 1 aliphatic heterocycles. The molecular weight excluding hydrogens is 380 g/mol. The third-order valence-corrected chi connectivity index (χ3v) is 5.72. The zero-order valence-corrected chi connectivity index (χ0v) is 16.0. The summed E-state index contributed by atoms with van der Waals surface area (Å²) in [6.45, 7) is 2.29. The number of para-hydroxylation sites is 1. The van der Waals surface area contributed by atoms with Gasteiger partial charge in [0.25, 0.3) is 0 Å². The van der Waals surface area contributed by atoms with Gasteiger partial charge in [0, 0.05) is 37.1 Å². The number of hydrogen-bond acceptors (Lipinski definition) is 4. The van der Waals surface area contributed by atoms with Crippen LogP contribution < -0.4 is 4.90 Å². The Kier molecular flexibility index (Phi) is 5.34. The first-order valence-electron chi connectivity index (χ1n) is 9.08. The summed E-state index contributed by atoms with van der Waals surface area (Å²) >= 11 is 1.40. The smallest absolute Gasteiger partial charge is 0.228 e. The molecule has 0 radical (unpaired) electrons. The number of halogens is 2. The van der Waals surface area contributed by atoms with Crippen molar-refractivity contribution in [3.8, 4) is 10.6 Å². The molecule has 1 fully saturated rings. The average Bonchev–Trinajstić information content (AvgIpc) is 3.17. The molecule has 4 rings (SSSR count). The van der Waals surface area contributed by atoms with Gasteiger partial charge in [-0.25, -0.2) is 13.8 Å². The molecule has 0 bridgehead atoms. The van der Waals surface area contributed by atoms with E-state index >= 15 is 0 Å². The Morgan fingerprint density at radius 3 is 2.57 bits per heavy atom. The fourth-order valence-electron chi connectivity index (χ4n) is 3.31. The van der Waals surface area contributed by atoms with Crippen LogP contribution in [-0.2, 0) is 11.2 Å². The van der Waals surface area contributed by atoms with Crippen LogP contribution in [0.2, 0.25) is 0 Å². The van der Waals surface area contributed by atoms with E-state index in [0.717, 1.165) is 0 Å². The number of aromatic nitrogens is 1. The number of rotatable bonds is 4. The molecule has 144 valence electrons. The average molecular weight is 399 g/mol. The number of anilines is 1. The minimum Gasteiger partial charge on any atom is -0.366 e. The number of carbonyl (C=O) groups is 1. The van der Waals surface area contributed by atoms with Crippen molar-refractivity contribution < 1.29 is 13.6 Å². The van der Waals surface area contributed by atoms with Gasteiger partial charge < -0.3 is 9.80 Å². The minimum absolute atomic E-state index is 0.00396. The fourth-order valence-corrected chi connectivity index (χ4v) is 4.13. The maximum atomic E-state index is 13.9. The molecule has 1 aromatic heterocycles. The van der Waals surface area contributed by atoms with Crippen molar-refractivity contribution in [2.24, 2.45) is 0 Å². The van der Waals surface area contributed by atoms with E-state index in [1.54, 1.807) is 29.2 Å². The highest BCUT2D eigenvalue weighted by molar-refractivity contribution is 7.13. The van der Waals surface area contributed by atoms with Crippen molar-refractivity contribution in [2.45, 2.75) is 6.42 Å². The van der Waals surface area contributed by atoms with Gasteiger partial charge in [0.05, 0.1) is 17.8 Å². The number of amides is 1. The zero-order chi connectivity index (χ0) is 19.5. The first-order valence-corrected chi connectivity index (χ1v) is 9.96. The van der Waals surface area contributed by atoms with Crippen LogP contribution in [0.3, 0.4) is 0 Å². The first-order chi connectivity index (χ1) is 13.6. The van der Waals surface area contributed by atoms with Crippen molar-refractivity contribution in [1.82, 2.24) is 9.88 Å². The molecule has 2 heterocycles. The molecule has 0 atom stereocenters. The Morgan fingerprint density at radius 2 is 1.82 bits per heavy atom. The fraction of sp³-hybridized carbons (Fsp3) is 0.238. The van der Waals surface area contributed by atoms with E-state index in [4.69, 9.17) is 0 Å². The summed E-state index contributed by atoms with van der Waals surface area (Å²) in [7, 11) is 0. The van der Waals surface area contributed by atoms with E-state index in [1.165, 1.54) is 29.5 Å².